The minimum Gasteiger partial charge on any atom is -0.353 e. The van der Waals surface area contributed by atoms with Crippen molar-refractivity contribution in [2.75, 3.05) is 17.6 Å². The number of ether oxygens (including phenoxy) is 2. The van der Waals surface area contributed by atoms with E-state index in [-0.39, 0.29) is 6.29 Å². The predicted octanol–water partition coefficient (Wildman–Crippen LogP) is 8.06. The van der Waals surface area contributed by atoms with Gasteiger partial charge in [-0.2, -0.15) is 0 Å². The third-order valence-corrected chi connectivity index (χ3v) is 5.44. The Kier molecular flexibility index (Phi) is 23.3. The van der Waals surface area contributed by atoms with Gasteiger partial charge < -0.3 is 9.47 Å². The zero-order valence-corrected chi connectivity index (χ0v) is 19.4. The summed E-state index contributed by atoms with van der Waals surface area (Å²) in [6.45, 7) is 6.29. The van der Waals surface area contributed by atoms with Gasteiger partial charge in [0.15, 0.2) is 6.29 Å². The molecule has 0 aliphatic rings. The summed E-state index contributed by atoms with van der Waals surface area (Å²) < 4.78 is 13.4. The first-order valence-corrected chi connectivity index (χ1v) is 12.7. The molecular weight excluding hydrogens is 423 g/mol. The van der Waals surface area contributed by atoms with E-state index in [0.29, 0.717) is 0 Å². The van der Waals surface area contributed by atoms with Crippen molar-refractivity contribution in [2.45, 2.75) is 123 Å². The summed E-state index contributed by atoms with van der Waals surface area (Å²) in [6, 6.07) is 0. The molecule has 0 radical (unpaired) electrons. The number of hydrogen-bond donors (Lipinski definition) is 0. The lowest BCUT2D eigenvalue weighted by atomic mass is 10.1. The summed E-state index contributed by atoms with van der Waals surface area (Å²) in [5, 5.41) is 0. The quantitative estimate of drug-likeness (QED) is 0.0734. The SMILES string of the molecule is CCCCCCCCOC(CCCCCI)OCCCCCCCC. The Morgan fingerprint density at radius 1 is 0.560 bits per heavy atom. The predicted molar refractivity (Wildman–Crippen MR) is 120 cm³/mol. The smallest absolute Gasteiger partial charge is 0.157 e. The molecule has 0 N–H and O–H groups in total. The van der Waals surface area contributed by atoms with Crippen LogP contribution in [0.2, 0.25) is 0 Å². The van der Waals surface area contributed by atoms with Gasteiger partial charge in [-0.25, -0.2) is 0 Å². The van der Waals surface area contributed by atoms with Gasteiger partial charge in [0.25, 0.3) is 0 Å². The van der Waals surface area contributed by atoms with Crippen LogP contribution < -0.4 is 0 Å². The molecule has 0 amide bonds. The highest BCUT2D eigenvalue weighted by atomic mass is 127. The van der Waals surface area contributed by atoms with E-state index >= 15 is 0 Å². The largest absolute Gasteiger partial charge is 0.353 e. The molecule has 0 bridgehead atoms. The van der Waals surface area contributed by atoms with Crippen LogP contribution in [-0.2, 0) is 9.47 Å². The summed E-state index contributed by atoms with van der Waals surface area (Å²) in [5.74, 6) is 0. The van der Waals surface area contributed by atoms with Crippen LogP contribution in [0, 0.1) is 0 Å². The maximum Gasteiger partial charge on any atom is 0.157 e. The van der Waals surface area contributed by atoms with Crippen LogP contribution in [0.15, 0.2) is 0 Å². The minimum absolute atomic E-state index is 0.0421. The van der Waals surface area contributed by atoms with E-state index in [0.717, 1.165) is 19.6 Å². The van der Waals surface area contributed by atoms with E-state index in [1.807, 2.05) is 0 Å². The van der Waals surface area contributed by atoms with Crippen LogP contribution in [0.3, 0.4) is 0 Å². The molecule has 152 valence electrons. The molecule has 2 nitrogen and oxygen atoms in total. The van der Waals surface area contributed by atoms with Crippen molar-refractivity contribution in [2.24, 2.45) is 0 Å². The molecule has 0 unspecified atom stereocenters. The van der Waals surface area contributed by atoms with Crippen molar-refractivity contribution in [1.29, 1.82) is 0 Å². The average Bonchev–Trinajstić information content (AvgIpc) is 2.63. The Bertz CT molecular complexity index is 218. The van der Waals surface area contributed by atoms with E-state index in [4.69, 9.17) is 9.47 Å². The van der Waals surface area contributed by atoms with Crippen molar-refractivity contribution >= 4 is 22.6 Å². The lowest BCUT2D eigenvalue weighted by molar-refractivity contribution is -0.148. The lowest BCUT2D eigenvalue weighted by Crippen LogP contribution is -2.19. The van der Waals surface area contributed by atoms with Crippen molar-refractivity contribution in [3.05, 3.63) is 0 Å². The van der Waals surface area contributed by atoms with Gasteiger partial charge in [-0.15, -0.1) is 0 Å². The van der Waals surface area contributed by atoms with Crippen LogP contribution in [0.1, 0.15) is 117 Å². The number of hydrogen-bond acceptors (Lipinski definition) is 2. The van der Waals surface area contributed by atoms with E-state index in [2.05, 4.69) is 36.4 Å². The topological polar surface area (TPSA) is 18.5 Å². The number of rotatable bonds is 21. The molecule has 0 spiro atoms. The lowest BCUT2D eigenvalue weighted by Gasteiger charge is -2.19. The van der Waals surface area contributed by atoms with Crippen LogP contribution in [-0.4, -0.2) is 23.9 Å². The maximum atomic E-state index is 6.05. The van der Waals surface area contributed by atoms with Gasteiger partial charge in [0.2, 0.25) is 0 Å². The highest BCUT2D eigenvalue weighted by Crippen LogP contribution is 2.13. The molecule has 0 aromatic heterocycles. The number of halogens is 1. The van der Waals surface area contributed by atoms with Crippen LogP contribution in [0.25, 0.3) is 0 Å². The summed E-state index contributed by atoms with van der Waals surface area (Å²) in [7, 11) is 0. The molecule has 25 heavy (non-hydrogen) atoms. The van der Waals surface area contributed by atoms with Crippen LogP contribution in [0.5, 0.6) is 0 Å². The Balaban J connectivity index is 3.71. The zero-order chi connectivity index (χ0) is 18.4. The summed E-state index contributed by atoms with van der Waals surface area (Å²) in [5.41, 5.74) is 0. The first-order chi connectivity index (χ1) is 12.3. The first-order valence-electron chi connectivity index (χ1n) is 11.1. The van der Waals surface area contributed by atoms with E-state index in [9.17, 15) is 0 Å². The summed E-state index contributed by atoms with van der Waals surface area (Å²) in [6.07, 6.45) is 20.8. The van der Waals surface area contributed by atoms with Gasteiger partial charge in [0.1, 0.15) is 0 Å². The van der Waals surface area contributed by atoms with Crippen LogP contribution >= 0.6 is 22.6 Å². The molecule has 0 aliphatic heterocycles. The summed E-state index contributed by atoms with van der Waals surface area (Å²) in [4.78, 5) is 0. The van der Waals surface area contributed by atoms with Gasteiger partial charge in [-0.05, 0) is 36.5 Å². The van der Waals surface area contributed by atoms with Gasteiger partial charge in [-0.3, -0.25) is 0 Å². The average molecular weight is 469 g/mol. The molecule has 0 saturated carbocycles. The molecule has 3 heteroatoms. The monoisotopic (exact) mass is 468 g/mol. The third kappa shape index (κ3) is 20.8. The molecule has 0 saturated heterocycles. The van der Waals surface area contributed by atoms with Crippen molar-refractivity contribution in [3.8, 4) is 0 Å². The zero-order valence-electron chi connectivity index (χ0n) is 17.2. The van der Waals surface area contributed by atoms with Gasteiger partial charge in [-0.1, -0.05) is 107 Å². The van der Waals surface area contributed by atoms with Crippen molar-refractivity contribution < 1.29 is 9.47 Å². The van der Waals surface area contributed by atoms with Crippen LogP contribution in [0.4, 0.5) is 0 Å². The van der Waals surface area contributed by atoms with Crippen molar-refractivity contribution in [1.82, 2.24) is 0 Å². The molecule has 0 aromatic carbocycles. The second-order valence-corrected chi connectivity index (χ2v) is 8.32. The summed E-state index contributed by atoms with van der Waals surface area (Å²) >= 11 is 2.46. The first kappa shape index (κ1) is 25.6. The molecule has 0 heterocycles. The van der Waals surface area contributed by atoms with Crippen molar-refractivity contribution in [3.63, 3.8) is 0 Å². The standard InChI is InChI=1S/C22H45IO2/c1-3-5-7-9-11-16-20-24-22(18-14-13-15-19-23)25-21-17-12-10-8-6-4-2/h22H,3-21H2,1-2H3. The fraction of sp³-hybridized carbons (Fsp3) is 1.00. The van der Waals surface area contributed by atoms with E-state index < -0.39 is 0 Å². The minimum atomic E-state index is 0.0421. The second kappa shape index (κ2) is 22.7. The number of unbranched alkanes of at least 4 members (excludes halogenated alkanes) is 12. The fourth-order valence-corrected chi connectivity index (χ4v) is 3.53. The molecule has 0 aromatic rings. The molecule has 0 aliphatic carbocycles. The molecule has 0 rings (SSSR count). The Labute approximate surface area is 172 Å². The molecular formula is C22H45IO2. The highest BCUT2D eigenvalue weighted by molar-refractivity contribution is 14.1. The molecule has 0 atom stereocenters. The Hall–Kier alpha value is 0.650. The van der Waals surface area contributed by atoms with E-state index in [1.165, 1.54) is 101 Å². The third-order valence-electron chi connectivity index (χ3n) is 4.68. The Morgan fingerprint density at radius 3 is 1.48 bits per heavy atom. The fourth-order valence-electron chi connectivity index (χ4n) is 2.99. The maximum absolute atomic E-state index is 6.05. The Morgan fingerprint density at radius 2 is 1.00 bits per heavy atom. The van der Waals surface area contributed by atoms with E-state index in [1.54, 1.807) is 0 Å². The second-order valence-electron chi connectivity index (χ2n) is 7.24. The number of alkyl halides is 1. The normalized spacial score (nSPS) is 11.5. The highest BCUT2D eigenvalue weighted by Gasteiger charge is 2.09. The van der Waals surface area contributed by atoms with Gasteiger partial charge >= 0.3 is 0 Å². The van der Waals surface area contributed by atoms with Gasteiger partial charge in [0.05, 0.1) is 0 Å². The van der Waals surface area contributed by atoms with Gasteiger partial charge in [0, 0.05) is 13.2 Å². The molecule has 0 fully saturated rings.